The quantitative estimate of drug-likeness (QED) is 0.678. The third-order valence-corrected chi connectivity index (χ3v) is 4.73. The van der Waals surface area contributed by atoms with Gasteiger partial charge in [-0.1, -0.05) is 45.0 Å². The standard InChI is InChI=1S/C18H20N2O2S/c1-18(2,3)13-8-6-12(7-9-13)15(21)16(22)20-17-19-14(10-23-17)11-4-5-11/h6-11H,4-5H2,1-3H3,(H,19,20,22). The second-order valence-corrected chi connectivity index (χ2v) is 7.82. The van der Waals surface area contributed by atoms with E-state index in [0.717, 1.165) is 24.1 Å². The molecule has 1 aromatic heterocycles. The van der Waals surface area contributed by atoms with Gasteiger partial charge in [-0.15, -0.1) is 11.3 Å². The molecule has 1 fully saturated rings. The molecule has 0 radical (unpaired) electrons. The Hall–Kier alpha value is -2.01. The van der Waals surface area contributed by atoms with Crippen LogP contribution >= 0.6 is 11.3 Å². The molecule has 1 aliphatic carbocycles. The number of hydrogen-bond acceptors (Lipinski definition) is 4. The number of Topliss-reactive ketones (excluding diaryl/α,β-unsaturated/α-hetero) is 1. The summed E-state index contributed by atoms with van der Waals surface area (Å²) in [7, 11) is 0. The zero-order valence-electron chi connectivity index (χ0n) is 13.6. The first-order chi connectivity index (χ1) is 10.8. The van der Waals surface area contributed by atoms with E-state index >= 15 is 0 Å². The monoisotopic (exact) mass is 328 g/mol. The summed E-state index contributed by atoms with van der Waals surface area (Å²) >= 11 is 1.37. The SMILES string of the molecule is CC(C)(C)c1ccc(C(=O)C(=O)Nc2nc(C3CC3)cs2)cc1. The van der Waals surface area contributed by atoms with Crippen LogP contribution in [-0.4, -0.2) is 16.7 Å². The number of benzene rings is 1. The fourth-order valence-electron chi connectivity index (χ4n) is 2.32. The molecule has 5 heteroatoms. The summed E-state index contributed by atoms with van der Waals surface area (Å²) in [4.78, 5) is 28.7. The van der Waals surface area contributed by atoms with Gasteiger partial charge < -0.3 is 0 Å². The van der Waals surface area contributed by atoms with Crippen molar-refractivity contribution in [2.45, 2.75) is 44.9 Å². The fourth-order valence-corrected chi connectivity index (χ4v) is 3.10. The highest BCUT2D eigenvalue weighted by atomic mass is 32.1. The van der Waals surface area contributed by atoms with Crippen LogP contribution < -0.4 is 5.32 Å². The summed E-state index contributed by atoms with van der Waals surface area (Å²) in [6.07, 6.45) is 2.33. The van der Waals surface area contributed by atoms with E-state index < -0.39 is 11.7 Å². The molecule has 0 aliphatic heterocycles. The molecule has 23 heavy (non-hydrogen) atoms. The lowest BCUT2D eigenvalue weighted by Crippen LogP contribution is -2.23. The van der Waals surface area contributed by atoms with E-state index in [1.165, 1.54) is 11.3 Å². The number of hydrogen-bond donors (Lipinski definition) is 1. The number of rotatable bonds is 4. The Balaban J connectivity index is 1.67. The third-order valence-electron chi connectivity index (χ3n) is 3.96. The van der Waals surface area contributed by atoms with Crippen molar-refractivity contribution in [1.29, 1.82) is 0 Å². The van der Waals surface area contributed by atoms with Gasteiger partial charge in [-0.25, -0.2) is 4.98 Å². The van der Waals surface area contributed by atoms with Crippen LogP contribution in [0.5, 0.6) is 0 Å². The minimum atomic E-state index is -0.634. The van der Waals surface area contributed by atoms with E-state index in [9.17, 15) is 9.59 Å². The molecule has 1 saturated carbocycles. The topological polar surface area (TPSA) is 59.1 Å². The van der Waals surface area contributed by atoms with Crippen molar-refractivity contribution in [2.24, 2.45) is 0 Å². The highest BCUT2D eigenvalue weighted by molar-refractivity contribution is 7.14. The summed E-state index contributed by atoms with van der Waals surface area (Å²) in [5.74, 6) is -0.628. The van der Waals surface area contributed by atoms with Gasteiger partial charge >= 0.3 is 0 Å². The molecule has 2 aromatic rings. The van der Waals surface area contributed by atoms with Crippen molar-refractivity contribution in [3.63, 3.8) is 0 Å². The van der Waals surface area contributed by atoms with Crippen LogP contribution in [0.25, 0.3) is 0 Å². The van der Waals surface area contributed by atoms with E-state index in [-0.39, 0.29) is 5.41 Å². The highest BCUT2D eigenvalue weighted by Gasteiger charge is 2.27. The Kier molecular flexibility index (Phi) is 4.06. The predicted molar refractivity (Wildman–Crippen MR) is 92.2 cm³/mol. The number of nitrogens with zero attached hydrogens (tertiary/aromatic N) is 1. The summed E-state index contributed by atoms with van der Waals surface area (Å²) in [6.45, 7) is 6.32. The van der Waals surface area contributed by atoms with Gasteiger partial charge in [0.1, 0.15) is 0 Å². The number of aromatic nitrogens is 1. The van der Waals surface area contributed by atoms with Crippen molar-refractivity contribution in [3.8, 4) is 0 Å². The van der Waals surface area contributed by atoms with Gasteiger partial charge in [0.2, 0.25) is 0 Å². The van der Waals surface area contributed by atoms with Crippen LogP contribution in [0.15, 0.2) is 29.6 Å². The fraction of sp³-hybridized carbons (Fsp3) is 0.389. The van der Waals surface area contributed by atoms with Crippen LogP contribution in [0.1, 0.15) is 61.1 Å². The normalized spacial score (nSPS) is 14.6. The average Bonchev–Trinajstić information content (AvgIpc) is 3.26. The average molecular weight is 328 g/mol. The Morgan fingerprint density at radius 2 is 1.83 bits per heavy atom. The second kappa shape index (κ2) is 5.89. The minimum Gasteiger partial charge on any atom is -0.295 e. The first-order valence-corrected chi connectivity index (χ1v) is 8.64. The van der Waals surface area contributed by atoms with E-state index in [1.807, 2.05) is 17.5 Å². The number of amides is 1. The first-order valence-electron chi connectivity index (χ1n) is 7.76. The van der Waals surface area contributed by atoms with E-state index in [2.05, 4.69) is 31.1 Å². The molecule has 1 aromatic carbocycles. The Bertz CT molecular complexity index is 737. The number of anilines is 1. The summed E-state index contributed by atoms with van der Waals surface area (Å²) in [5, 5.41) is 5.06. The summed E-state index contributed by atoms with van der Waals surface area (Å²) in [6, 6.07) is 7.21. The number of thiazole rings is 1. The van der Waals surface area contributed by atoms with Gasteiger partial charge in [0.05, 0.1) is 5.69 Å². The molecule has 0 atom stereocenters. The second-order valence-electron chi connectivity index (χ2n) is 6.96. The molecule has 0 saturated heterocycles. The van der Waals surface area contributed by atoms with E-state index in [1.54, 1.807) is 12.1 Å². The highest BCUT2D eigenvalue weighted by Crippen LogP contribution is 2.40. The van der Waals surface area contributed by atoms with E-state index in [4.69, 9.17) is 0 Å². The van der Waals surface area contributed by atoms with Gasteiger partial charge in [-0.05, 0) is 23.8 Å². The third kappa shape index (κ3) is 3.67. The van der Waals surface area contributed by atoms with Crippen molar-refractivity contribution < 1.29 is 9.59 Å². The minimum absolute atomic E-state index is 0.0178. The Morgan fingerprint density at radius 3 is 2.39 bits per heavy atom. The lowest BCUT2D eigenvalue weighted by molar-refractivity contribution is -0.112. The molecular weight excluding hydrogens is 308 g/mol. The molecule has 4 nitrogen and oxygen atoms in total. The van der Waals surface area contributed by atoms with Gasteiger partial charge in [-0.2, -0.15) is 0 Å². The maximum Gasteiger partial charge on any atom is 0.298 e. The Morgan fingerprint density at radius 1 is 1.17 bits per heavy atom. The largest absolute Gasteiger partial charge is 0.298 e. The van der Waals surface area contributed by atoms with Crippen LogP contribution in [-0.2, 0) is 10.2 Å². The van der Waals surface area contributed by atoms with Crippen LogP contribution in [0.3, 0.4) is 0 Å². The van der Waals surface area contributed by atoms with Crippen LogP contribution in [0.4, 0.5) is 5.13 Å². The molecule has 3 rings (SSSR count). The lowest BCUT2D eigenvalue weighted by atomic mass is 9.86. The van der Waals surface area contributed by atoms with E-state index in [0.29, 0.717) is 16.6 Å². The molecule has 0 unspecified atom stereocenters. The molecule has 1 heterocycles. The lowest BCUT2D eigenvalue weighted by Gasteiger charge is -2.18. The van der Waals surface area contributed by atoms with Crippen molar-refractivity contribution in [2.75, 3.05) is 5.32 Å². The van der Waals surface area contributed by atoms with Crippen LogP contribution in [0, 0.1) is 0 Å². The van der Waals surface area contributed by atoms with Gasteiger partial charge in [0, 0.05) is 16.9 Å². The molecule has 1 aliphatic rings. The summed E-state index contributed by atoms with van der Waals surface area (Å²) < 4.78 is 0. The van der Waals surface area contributed by atoms with Gasteiger partial charge in [-0.3, -0.25) is 14.9 Å². The number of carbonyl (C=O) groups excluding carboxylic acids is 2. The Labute approximate surface area is 140 Å². The number of nitrogens with one attached hydrogen (secondary N) is 1. The molecule has 0 bridgehead atoms. The van der Waals surface area contributed by atoms with Gasteiger partial charge in [0.25, 0.3) is 11.7 Å². The predicted octanol–water partition coefficient (Wildman–Crippen LogP) is 4.14. The smallest absolute Gasteiger partial charge is 0.295 e. The zero-order valence-corrected chi connectivity index (χ0v) is 14.4. The van der Waals surface area contributed by atoms with Gasteiger partial charge in [0.15, 0.2) is 5.13 Å². The number of ketones is 1. The van der Waals surface area contributed by atoms with Crippen molar-refractivity contribution in [1.82, 2.24) is 4.98 Å². The molecule has 1 N–H and O–H groups in total. The summed E-state index contributed by atoms with van der Waals surface area (Å²) in [5.41, 5.74) is 2.56. The van der Waals surface area contributed by atoms with Crippen molar-refractivity contribution >= 4 is 28.2 Å². The molecule has 120 valence electrons. The molecular formula is C18H20N2O2S. The maximum atomic E-state index is 12.2. The number of carbonyl (C=O) groups is 2. The maximum absolute atomic E-state index is 12.2. The first kappa shape index (κ1) is 15.9. The zero-order chi connectivity index (χ0) is 16.6. The van der Waals surface area contributed by atoms with Crippen molar-refractivity contribution in [3.05, 3.63) is 46.5 Å². The molecule has 0 spiro atoms. The molecule has 1 amide bonds. The van der Waals surface area contributed by atoms with Crippen LogP contribution in [0.2, 0.25) is 0 Å².